The number of nitrogens with zero attached hydrogens (tertiary/aromatic N) is 2. The normalized spacial score (nSPS) is 11.1. The Kier molecular flexibility index (Phi) is 3.99. The molecule has 0 saturated carbocycles. The molecule has 0 radical (unpaired) electrons. The Bertz CT molecular complexity index is 621. The highest BCUT2D eigenvalue weighted by molar-refractivity contribution is 6.31. The quantitative estimate of drug-likeness (QED) is 0.923. The maximum atomic E-state index is 12.3. The predicted octanol–water partition coefficient (Wildman–Crippen LogP) is 2.31. The van der Waals surface area contributed by atoms with E-state index in [0.29, 0.717) is 28.3 Å². The smallest absolute Gasteiger partial charge is 0.261 e. The fourth-order valence-corrected chi connectivity index (χ4v) is 2.11. The first kappa shape index (κ1) is 13.1. The molecule has 0 saturated heterocycles. The molecule has 0 bridgehead atoms. The third-order valence-electron chi connectivity index (χ3n) is 2.91. The summed E-state index contributed by atoms with van der Waals surface area (Å²) in [6, 6.07) is 5.12. The molecule has 0 fully saturated rings. The van der Waals surface area contributed by atoms with Gasteiger partial charge in [0.1, 0.15) is 5.82 Å². The zero-order valence-electron chi connectivity index (χ0n) is 10.3. The molecule has 0 atom stereocenters. The van der Waals surface area contributed by atoms with Crippen molar-refractivity contribution in [1.82, 2.24) is 9.55 Å². The Balaban J connectivity index is 2.66. The van der Waals surface area contributed by atoms with Crippen LogP contribution in [0, 0.1) is 0 Å². The van der Waals surface area contributed by atoms with Crippen molar-refractivity contribution in [2.75, 3.05) is 0 Å². The SMILES string of the molecule is CCCCn1c(CN)nc2cc(Cl)ccc2c1=O. The largest absolute Gasteiger partial charge is 0.324 e. The Morgan fingerprint density at radius 1 is 1.44 bits per heavy atom. The molecular formula is C13H16ClN3O. The van der Waals surface area contributed by atoms with Crippen molar-refractivity contribution in [2.24, 2.45) is 5.73 Å². The third kappa shape index (κ3) is 2.40. The molecule has 2 rings (SSSR count). The van der Waals surface area contributed by atoms with Crippen molar-refractivity contribution in [2.45, 2.75) is 32.9 Å². The monoisotopic (exact) mass is 265 g/mol. The zero-order chi connectivity index (χ0) is 13.1. The van der Waals surface area contributed by atoms with Crippen LogP contribution in [0.4, 0.5) is 0 Å². The van der Waals surface area contributed by atoms with E-state index in [-0.39, 0.29) is 12.1 Å². The number of hydrogen-bond donors (Lipinski definition) is 1. The van der Waals surface area contributed by atoms with E-state index in [0.717, 1.165) is 12.8 Å². The van der Waals surface area contributed by atoms with E-state index in [4.69, 9.17) is 17.3 Å². The molecule has 2 N–H and O–H groups in total. The highest BCUT2D eigenvalue weighted by Gasteiger charge is 2.09. The van der Waals surface area contributed by atoms with E-state index in [2.05, 4.69) is 11.9 Å². The van der Waals surface area contributed by atoms with E-state index < -0.39 is 0 Å². The fourth-order valence-electron chi connectivity index (χ4n) is 1.94. The van der Waals surface area contributed by atoms with Crippen molar-refractivity contribution in [3.63, 3.8) is 0 Å². The fraction of sp³-hybridized carbons (Fsp3) is 0.385. The lowest BCUT2D eigenvalue weighted by molar-refractivity contribution is 0.577. The van der Waals surface area contributed by atoms with Gasteiger partial charge in [-0.2, -0.15) is 0 Å². The van der Waals surface area contributed by atoms with Crippen LogP contribution >= 0.6 is 11.6 Å². The van der Waals surface area contributed by atoms with E-state index in [9.17, 15) is 4.79 Å². The summed E-state index contributed by atoms with van der Waals surface area (Å²) in [5, 5.41) is 1.16. The van der Waals surface area contributed by atoms with Gasteiger partial charge < -0.3 is 5.73 Å². The number of aromatic nitrogens is 2. The Labute approximate surface area is 110 Å². The van der Waals surface area contributed by atoms with Crippen molar-refractivity contribution in [3.8, 4) is 0 Å². The van der Waals surface area contributed by atoms with Crippen LogP contribution in [0.3, 0.4) is 0 Å². The minimum absolute atomic E-state index is 0.0365. The van der Waals surface area contributed by atoms with E-state index in [1.54, 1.807) is 22.8 Å². The summed E-state index contributed by atoms with van der Waals surface area (Å²) < 4.78 is 1.67. The highest BCUT2D eigenvalue weighted by Crippen LogP contribution is 2.15. The van der Waals surface area contributed by atoms with Crippen molar-refractivity contribution in [1.29, 1.82) is 0 Å². The summed E-state index contributed by atoms with van der Waals surface area (Å²) in [4.78, 5) is 16.8. The molecule has 0 spiro atoms. The van der Waals surface area contributed by atoms with Gasteiger partial charge in [-0.25, -0.2) is 4.98 Å². The lowest BCUT2D eigenvalue weighted by Gasteiger charge is -2.11. The number of fused-ring (bicyclic) bond motifs is 1. The first-order valence-corrected chi connectivity index (χ1v) is 6.44. The minimum atomic E-state index is -0.0365. The second kappa shape index (κ2) is 5.50. The molecule has 1 aromatic heterocycles. The van der Waals surface area contributed by atoms with Crippen LogP contribution in [0.2, 0.25) is 5.02 Å². The first-order chi connectivity index (χ1) is 8.67. The molecule has 0 unspecified atom stereocenters. The molecule has 18 heavy (non-hydrogen) atoms. The van der Waals surface area contributed by atoms with E-state index >= 15 is 0 Å². The van der Waals surface area contributed by atoms with Gasteiger partial charge in [0.05, 0.1) is 17.4 Å². The molecule has 0 aliphatic rings. The third-order valence-corrected chi connectivity index (χ3v) is 3.15. The van der Waals surface area contributed by atoms with Gasteiger partial charge in [-0.05, 0) is 24.6 Å². The van der Waals surface area contributed by atoms with Crippen LogP contribution in [0.5, 0.6) is 0 Å². The van der Waals surface area contributed by atoms with Crippen LogP contribution in [-0.2, 0) is 13.1 Å². The predicted molar refractivity (Wildman–Crippen MR) is 73.8 cm³/mol. The molecule has 1 heterocycles. The Morgan fingerprint density at radius 3 is 2.89 bits per heavy atom. The maximum Gasteiger partial charge on any atom is 0.261 e. The molecule has 1 aromatic carbocycles. The van der Waals surface area contributed by atoms with E-state index in [1.165, 1.54) is 0 Å². The number of nitrogens with two attached hydrogens (primary N) is 1. The van der Waals surface area contributed by atoms with Gasteiger partial charge in [-0.1, -0.05) is 24.9 Å². The first-order valence-electron chi connectivity index (χ1n) is 6.06. The Hall–Kier alpha value is -1.39. The minimum Gasteiger partial charge on any atom is -0.324 e. The second-order valence-corrected chi connectivity index (χ2v) is 4.64. The van der Waals surface area contributed by atoms with Crippen molar-refractivity contribution >= 4 is 22.5 Å². The molecule has 2 aromatic rings. The van der Waals surface area contributed by atoms with Gasteiger partial charge in [-0.3, -0.25) is 9.36 Å². The van der Waals surface area contributed by atoms with Gasteiger partial charge in [0.25, 0.3) is 5.56 Å². The lowest BCUT2D eigenvalue weighted by atomic mass is 10.2. The summed E-state index contributed by atoms with van der Waals surface area (Å²) >= 11 is 5.91. The maximum absolute atomic E-state index is 12.3. The summed E-state index contributed by atoms with van der Waals surface area (Å²) in [7, 11) is 0. The average Bonchev–Trinajstić information content (AvgIpc) is 2.37. The number of rotatable bonds is 4. The number of unbranched alkanes of at least 4 members (excludes halogenated alkanes) is 1. The number of benzene rings is 1. The topological polar surface area (TPSA) is 60.9 Å². The van der Waals surface area contributed by atoms with Gasteiger partial charge >= 0.3 is 0 Å². The number of halogens is 1. The molecule has 0 aliphatic carbocycles. The molecule has 5 heteroatoms. The molecular weight excluding hydrogens is 250 g/mol. The average molecular weight is 266 g/mol. The van der Waals surface area contributed by atoms with E-state index in [1.807, 2.05) is 0 Å². The zero-order valence-corrected chi connectivity index (χ0v) is 11.1. The molecule has 0 amide bonds. The standard InChI is InChI=1S/C13H16ClN3O/c1-2-3-6-17-12(8-15)16-11-7-9(14)4-5-10(11)13(17)18/h4-5,7H,2-3,6,8,15H2,1H3. The van der Waals surface area contributed by atoms with Crippen molar-refractivity contribution < 1.29 is 0 Å². The lowest BCUT2D eigenvalue weighted by Crippen LogP contribution is -2.27. The molecule has 96 valence electrons. The second-order valence-electron chi connectivity index (χ2n) is 4.20. The van der Waals surface area contributed by atoms with Gasteiger partial charge in [0, 0.05) is 11.6 Å². The van der Waals surface area contributed by atoms with Gasteiger partial charge in [0.2, 0.25) is 0 Å². The van der Waals surface area contributed by atoms with Crippen LogP contribution in [-0.4, -0.2) is 9.55 Å². The van der Waals surface area contributed by atoms with Crippen LogP contribution < -0.4 is 11.3 Å². The summed E-state index contributed by atoms with van der Waals surface area (Å²) in [6.07, 6.45) is 1.96. The molecule has 0 aliphatic heterocycles. The Morgan fingerprint density at radius 2 is 2.22 bits per heavy atom. The van der Waals surface area contributed by atoms with Crippen LogP contribution in [0.25, 0.3) is 10.9 Å². The van der Waals surface area contributed by atoms with Crippen molar-refractivity contribution in [3.05, 3.63) is 39.4 Å². The highest BCUT2D eigenvalue weighted by atomic mass is 35.5. The summed E-state index contributed by atoms with van der Waals surface area (Å²) in [5.41, 5.74) is 6.24. The van der Waals surface area contributed by atoms with Crippen LogP contribution in [0.1, 0.15) is 25.6 Å². The van der Waals surface area contributed by atoms with Gasteiger partial charge in [-0.15, -0.1) is 0 Å². The van der Waals surface area contributed by atoms with Crippen LogP contribution in [0.15, 0.2) is 23.0 Å². The van der Waals surface area contributed by atoms with Gasteiger partial charge in [0.15, 0.2) is 0 Å². The summed E-state index contributed by atoms with van der Waals surface area (Å²) in [6.45, 7) is 3.00. The molecule has 4 nitrogen and oxygen atoms in total. The summed E-state index contributed by atoms with van der Waals surface area (Å²) in [5.74, 6) is 0.614. The number of hydrogen-bond acceptors (Lipinski definition) is 3.